The minimum Gasteiger partial charge on any atom is -0.391 e. The second-order valence-electron chi connectivity index (χ2n) is 5.86. The van der Waals surface area contributed by atoms with Gasteiger partial charge in [0, 0.05) is 0 Å². The maximum Gasteiger partial charge on any atom is 0.416 e. The first-order valence-electron chi connectivity index (χ1n) is 7.24. The van der Waals surface area contributed by atoms with Crippen LogP contribution in [-0.2, 0) is 12.4 Å². The largest absolute Gasteiger partial charge is 0.416 e. The number of aliphatic hydroxyl groups is 1. The molecule has 0 heterocycles. The van der Waals surface area contributed by atoms with E-state index < -0.39 is 41.2 Å². The molecule has 2 nitrogen and oxygen atoms in total. The number of hydrogen-bond acceptors (Lipinski definition) is 2. The van der Waals surface area contributed by atoms with E-state index in [2.05, 4.69) is 0 Å². The number of nitrogens with two attached hydrogens (primary N) is 1. The van der Waals surface area contributed by atoms with Crippen molar-refractivity contribution in [3.05, 3.63) is 34.9 Å². The van der Waals surface area contributed by atoms with Crippen molar-refractivity contribution in [2.45, 2.75) is 50.2 Å². The van der Waals surface area contributed by atoms with Gasteiger partial charge in [-0.25, -0.2) is 0 Å². The van der Waals surface area contributed by atoms with Gasteiger partial charge in [0.1, 0.15) is 0 Å². The molecule has 2 rings (SSSR count). The second kappa shape index (κ2) is 7.49. The molecule has 0 aromatic heterocycles. The minimum absolute atomic E-state index is 0. The van der Waals surface area contributed by atoms with Gasteiger partial charge in [0.15, 0.2) is 0 Å². The summed E-state index contributed by atoms with van der Waals surface area (Å²) in [4.78, 5) is 0. The Hall–Kier alpha value is -0.990. The zero-order valence-corrected chi connectivity index (χ0v) is 13.3. The number of hydrogen-bond donors (Lipinski definition) is 2. The van der Waals surface area contributed by atoms with Gasteiger partial charge >= 0.3 is 12.4 Å². The predicted molar refractivity (Wildman–Crippen MR) is 78.6 cm³/mol. The molecule has 0 aliphatic heterocycles. The van der Waals surface area contributed by atoms with Gasteiger partial charge in [0.2, 0.25) is 0 Å². The first-order valence-corrected chi connectivity index (χ1v) is 7.24. The Morgan fingerprint density at radius 1 is 1.00 bits per heavy atom. The average Bonchev–Trinajstić information content (AvgIpc) is 2.97. The fourth-order valence-corrected chi connectivity index (χ4v) is 3.04. The van der Waals surface area contributed by atoms with E-state index in [9.17, 15) is 31.4 Å². The van der Waals surface area contributed by atoms with Crippen LogP contribution in [-0.4, -0.2) is 11.2 Å². The van der Waals surface area contributed by atoms with Crippen LogP contribution in [0.1, 0.15) is 48.4 Å². The first kappa shape index (κ1) is 21.1. The summed E-state index contributed by atoms with van der Waals surface area (Å²) >= 11 is 0. The fraction of sp³-hybridized carbons (Fsp3) is 0.600. The molecule has 0 bridgehead atoms. The lowest BCUT2D eigenvalue weighted by atomic mass is 9.88. The third-order valence-electron chi connectivity index (χ3n) is 4.30. The monoisotopic (exact) mass is 377 g/mol. The molecular weight excluding hydrogens is 360 g/mol. The van der Waals surface area contributed by atoms with E-state index in [1.54, 1.807) is 0 Å². The van der Waals surface area contributed by atoms with Gasteiger partial charge < -0.3 is 10.8 Å². The quantitative estimate of drug-likeness (QED) is 0.750. The molecule has 0 saturated heterocycles. The fourth-order valence-electron chi connectivity index (χ4n) is 3.04. The first-order chi connectivity index (χ1) is 10.5. The van der Waals surface area contributed by atoms with Gasteiger partial charge in [-0.2, -0.15) is 26.3 Å². The van der Waals surface area contributed by atoms with E-state index in [0.717, 1.165) is 12.8 Å². The van der Waals surface area contributed by atoms with Crippen LogP contribution in [0.25, 0.3) is 0 Å². The number of benzene rings is 1. The van der Waals surface area contributed by atoms with E-state index in [1.807, 2.05) is 0 Å². The summed E-state index contributed by atoms with van der Waals surface area (Å²) in [5.41, 5.74) is 2.39. The third kappa shape index (κ3) is 4.55. The Morgan fingerprint density at radius 2 is 1.54 bits per heavy atom. The van der Waals surface area contributed by atoms with Crippen LogP contribution in [0.15, 0.2) is 18.2 Å². The number of aliphatic hydroxyl groups excluding tert-OH is 1. The highest BCUT2D eigenvalue weighted by Crippen LogP contribution is 2.41. The smallest absolute Gasteiger partial charge is 0.391 e. The molecule has 1 fully saturated rings. The summed E-state index contributed by atoms with van der Waals surface area (Å²) in [5, 5.41) is 10.2. The molecule has 1 aliphatic rings. The van der Waals surface area contributed by atoms with E-state index in [4.69, 9.17) is 5.73 Å². The van der Waals surface area contributed by atoms with E-state index in [-0.39, 0.29) is 24.4 Å². The average molecular weight is 378 g/mol. The maximum absolute atomic E-state index is 13.1. The number of alkyl halides is 6. The van der Waals surface area contributed by atoms with Crippen molar-refractivity contribution >= 4 is 12.4 Å². The Labute approximate surface area is 141 Å². The number of halogens is 7. The lowest BCUT2D eigenvalue weighted by Gasteiger charge is -2.27. The van der Waals surface area contributed by atoms with Crippen molar-refractivity contribution in [2.24, 2.45) is 11.7 Å². The van der Waals surface area contributed by atoms with E-state index in [0.29, 0.717) is 25.0 Å². The zero-order valence-electron chi connectivity index (χ0n) is 12.5. The molecular formula is C15H18ClF6NO. The van der Waals surface area contributed by atoms with Gasteiger partial charge in [0.05, 0.1) is 23.3 Å². The molecule has 0 radical (unpaired) electrons. The maximum atomic E-state index is 13.1. The van der Waals surface area contributed by atoms with Crippen LogP contribution in [0.2, 0.25) is 0 Å². The van der Waals surface area contributed by atoms with E-state index in [1.165, 1.54) is 0 Å². The second-order valence-corrected chi connectivity index (χ2v) is 5.86. The van der Waals surface area contributed by atoms with Gasteiger partial charge in [0.25, 0.3) is 0 Å². The molecule has 24 heavy (non-hydrogen) atoms. The van der Waals surface area contributed by atoms with Crippen molar-refractivity contribution in [3.8, 4) is 0 Å². The number of rotatable bonds is 3. The summed E-state index contributed by atoms with van der Waals surface area (Å²) in [7, 11) is 0. The van der Waals surface area contributed by atoms with Crippen LogP contribution in [0.3, 0.4) is 0 Å². The Balaban J connectivity index is 0.00000288. The lowest BCUT2D eigenvalue weighted by molar-refractivity contribution is -0.143. The highest BCUT2D eigenvalue weighted by Gasteiger charge is 2.40. The zero-order chi connectivity index (χ0) is 17.4. The van der Waals surface area contributed by atoms with Crippen molar-refractivity contribution in [1.29, 1.82) is 0 Å². The Bertz CT molecular complexity index is 554. The van der Waals surface area contributed by atoms with Crippen LogP contribution < -0.4 is 5.73 Å². The van der Waals surface area contributed by atoms with Gasteiger partial charge in [-0.3, -0.25) is 0 Å². The molecule has 2 atom stereocenters. The molecule has 9 heteroatoms. The van der Waals surface area contributed by atoms with Crippen molar-refractivity contribution in [2.75, 3.05) is 0 Å². The Morgan fingerprint density at radius 3 is 2.00 bits per heavy atom. The summed E-state index contributed by atoms with van der Waals surface area (Å²) in [6.45, 7) is 0. The minimum atomic E-state index is -4.98. The van der Waals surface area contributed by atoms with Crippen molar-refractivity contribution in [1.82, 2.24) is 0 Å². The SMILES string of the molecule is Cl.N[C@H](c1ccc(C(F)(F)F)cc1C(F)(F)F)[C@@H](O)C1CCCC1. The third-order valence-corrected chi connectivity index (χ3v) is 4.30. The normalized spacial score (nSPS) is 19.0. The topological polar surface area (TPSA) is 46.2 Å². The van der Waals surface area contributed by atoms with Crippen LogP contribution in [0.4, 0.5) is 26.3 Å². The Kier molecular flexibility index (Phi) is 6.57. The van der Waals surface area contributed by atoms with Gasteiger partial charge in [-0.1, -0.05) is 18.9 Å². The molecule has 1 saturated carbocycles. The molecule has 0 amide bonds. The molecule has 1 aliphatic carbocycles. The van der Waals surface area contributed by atoms with Crippen molar-refractivity contribution < 1.29 is 31.4 Å². The summed E-state index contributed by atoms with van der Waals surface area (Å²) in [6.07, 6.45) is -8.07. The molecule has 1 aromatic rings. The van der Waals surface area contributed by atoms with Crippen molar-refractivity contribution in [3.63, 3.8) is 0 Å². The molecule has 1 aromatic carbocycles. The predicted octanol–water partition coefficient (Wildman–Crippen LogP) is 4.70. The highest BCUT2D eigenvalue weighted by molar-refractivity contribution is 5.85. The molecule has 0 unspecified atom stereocenters. The lowest BCUT2D eigenvalue weighted by Crippen LogP contribution is -2.33. The van der Waals surface area contributed by atoms with Crippen LogP contribution >= 0.6 is 12.4 Å². The summed E-state index contributed by atoms with van der Waals surface area (Å²) < 4.78 is 77.3. The molecule has 0 spiro atoms. The standard InChI is InChI=1S/C15H17F6NO.ClH/c16-14(17,18)9-5-6-10(11(7-9)15(19,20)21)12(22)13(23)8-3-1-2-4-8;/h5-8,12-13,23H,1-4,22H2;1H/t12-,13+;/m1./s1. The van der Waals surface area contributed by atoms with Crippen LogP contribution in [0, 0.1) is 5.92 Å². The molecule has 138 valence electrons. The summed E-state index contributed by atoms with van der Waals surface area (Å²) in [5.74, 6) is -0.228. The molecule has 3 N–H and O–H groups in total. The highest BCUT2D eigenvalue weighted by atomic mass is 35.5. The van der Waals surface area contributed by atoms with Crippen LogP contribution in [0.5, 0.6) is 0 Å². The van der Waals surface area contributed by atoms with Gasteiger partial charge in [-0.05, 0) is 36.5 Å². The summed E-state index contributed by atoms with van der Waals surface area (Å²) in [6, 6.07) is -0.0476. The van der Waals surface area contributed by atoms with E-state index >= 15 is 0 Å². The van der Waals surface area contributed by atoms with Gasteiger partial charge in [-0.15, -0.1) is 12.4 Å².